The summed E-state index contributed by atoms with van der Waals surface area (Å²) in [5.41, 5.74) is 1.39. The highest BCUT2D eigenvalue weighted by molar-refractivity contribution is 5.96. The fourth-order valence-electron chi connectivity index (χ4n) is 2.74. The maximum Gasteiger partial charge on any atom is 0.267 e. The number of carbonyl (C=O) groups is 1. The highest BCUT2D eigenvalue weighted by atomic mass is 16.5. The van der Waals surface area contributed by atoms with E-state index in [2.05, 4.69) is 5.10 Å². The highest BCUT2D eigenvalue weighted by Crippen LogP contribution is 2.28. The quantitative estimate of drug-likeness (QED) is 0.587. The fourth-order valence-corrected chi connectivity index (χ4v) is 2.74. The van der Waals surface area contributed by atoms with E-state index in [1.165, 1.54) is 20.3 Å². The lowest BCUT2D eigenvalue weighted by atomic mass is 10.1. The fraction of sp³-hybridized carbons (Fsp3) is 0.190. The Bertz CT molecular complexity index is 1060. The maximum atomic E-state index is 12.7. The van der Waals surface area contributed by atoms with Crippen molar-refractivity contribution in [2.75, 3.05) is 21.3 Å². The molecule has 3 rings (SSSR count). The van der Waals surface area contributed by atoms with Gasteiger partial charge in [0.15, 0.2) is 17.3 Å². The molecule has 3 aromatic rings. The van der Waals surface area contributed by atoms with Gasteiger partial charge in [0.1, 0.15) is 12.3 Å². The van der Waals surface area contributed by atoms with Crippen LogP contribution in [0.2, 0.25) is 0 Å². The number of methoxy groups -OCH3 is 3. The highest BCUT2D eigenvalue weighted by Gasteiger charge is 2.13. The Morgan fingerprint density at radius 2 is 1.71 bits per heavy atom. The molecule has 0 fully saturated rings. The van der Waals surface area contributed by atoms with Crippen molar-refractivity contribution >= 4 is 5.78 Å². The van der Waals surface area contributed by atoms with Gasteiger partial charge in [-0.25, -0.2) is 4.68 Å². The van der Waals surface area contributed by atoms with E-state index >= 15 is 0 Å². The van der Waals surface area contributed by atoms with Gasteiger partial charge in [0, 0.05) is 17.2 Å². The van der Waals surface area contributed by atoms with Gasteiger partial charge < -0.3 is 14.2 Å². The van der Waals surface area contributed by atoms with Crippen LogP contribution in [0.15, 0.2) is 59.4 Å². The third kappa shape index (κ3) is 4.03. The Hall–Kier alpha value is -3.61. The van der Waals surface area contributed by atoms with E-state index in [4.69, 9.17) is 14.2 Å². The van der Waals surface area contributed by atoms with Crippen LogP contribution >= 0.6 is 0 Å². The first kappa shape index (κ1) is 19.2. The summed E-state index contributed by atoms with van der Waals surface area (Å²) in [6, 6.07) is 15.2. The van der Waals surface area contributed by atoms with Gasteiger partial charge in [0.2, 0.25) is 0 Å². The van der Waals surface area contributed by atoms with Crippen molar-refractivity contribution in [1.29, 1.82) is 0 Å². The van der Waals surface area contributed by atoms with Crippen molar-refractivity contribution in [2.24, 2.45) is 0 Å². The molecule has 7 nitrogen and oxygen atoms in total. The van der Waals surface area contributed by atoms with Crippen LogP contribution in [0.25, 0.3) is 11.3 Å². The van der Waals surface area contributed by atoms with Gasteiger partial charge in [-0.2, -0.15) is 5.10 Å². The molecule has 7 heteroatoms. The number of nitrogens with zero attached hydrogens (tertiary/aromatic N) is 2. The third-order valence-corrected chi connectivity index (χ3v) is 4.23. The molecule has 0 saturated carbocycles. The third-order valence-electron chi connectivity index (χ3n) is 4.23. The van der Waals surface area contributed by atoms with E-state index in [1.54, 1.807) is 31.4 Å². The van der Waals surface area contributed by atoms with Crippen LogP contribution in [0.4, 0.5) is 0 Å². The minimum atomic E-state index is -0.361. The van der Waals surface area contributed by atoms with Crippen LogP contribution < -0.4 is 19.8 Å². The van der Waals surface area contributed by atoms with Crippen molar-refractivity contribution in [3.05, 3.63) is 70.5 Å². The van der Waals surface area contributed by atoms with E-state index in [-0.39, 0.29) is 17.9 Å². The Morgan fingerprint density at radius 1 is 0.929 bits per heavy atom. The van der Waals surface area contributed by atoms with Crippen LogP contribution in [0.1, 0.15) is 10.4 Å². The zero-order valence-electron chi connectivity index (χ0n) is 15.8. The molecule has 0 radical (unpaired) electrons. The Labute approximate surface area is 162 Å². The summed E-state index contributed by atoms with van der Waals surface area (Å²) in [6.45, 7) is -0.188. The molecular weight excluding hydrogens is 360 g/mol. The number of aromatic nitrogens is 2. The summed E-state index contributed by atoms with van der Waals surface area (Å²) in [7, 11) is 4.60. The minimum Gasteiger partial charge on any atom is -0.497 e. The van der Waals surface area contributed by atoms with E-state index < -0.39 is 0 Å². The molecule has 0 unspecified atom stereocenters. The van der Waals surface area contributed by atoms with E-state index in [9.17, 15) is 9.59 Å². The van der Waals surface area contributed by atoms with Gasteiger partial charge in [-0.3, -0.25) is 9.59 Å². The molecule has 0 N–H and O–H groups in total. The molecule has 0 spiro atoms. The number of ether oxygens (including phenoxy) is 3. The van der Waals surface area contributed by atoms with Crippen LogP contribution in [-0.2, 0) is 6.54 Å². The van der Waals surface area contributed by atoms with Crippen molar-refractivity contribution < 1.29 is 19.0 Å². The summed E-state index contributed by atoms with van der Waals surface area (Å²) in [6.07, 6.45) is 0. The Morgan fingerprint density at radius 3 is 2.43 bits per heavy atom. The molecule has 0 aliphatic heterocycles. The molecule has 144 valence electrons. The first-order chi connectivity index (χ1) is 13.5. The second-order valence-electron chi connectivity index (χ2n) is 5.94. The summed E-state index contributed by atoms with van der Waals surface area (Å²) >= 11 is 0. The predicted octanol–water partition coefficient (Wildman–Crippen LogP) is 2.82. The summed E-state index contributed by atoms with van der Waals surface area (Å²) < 4.78 is 16.8. The normalized spacial score (nSPS) is 10.4. The van der Waals surface area contributed by atoms with Gasteiger partial charge in [-0.1, -0.05) is 12.1 Å². The Kier molecular flexibility index (Phi) is 5.74. The average molecular weight is 380 g/mol. The molecule has 2 aromatic carbocycles. The summed E-state index contributed by atoms with van der Waals surface area (Å²) in [4.78, 5) is 24.9. The lowest BCUT2D eigenvalue weighted by molar-refractivity contribution is 0.0965. The van der Waals surface area contributed by atoms with Crippen LogP contribution in [0.5, 0.6) is 17.2 Å². The monoisotopic (exact) mass is 380 g/mol. The molecule has 0 aliphatic carbocycles. The number of Topliss-reactive ketones (excluding diaryl/α,β-unsaturated/α-hetero) is 1. The second-order valence-corrected chi connectivity index (χ2v) is 5.94. The lowest BCUT2D eigenvalue weighted by Gasteiger charge is -2.10. The molecule has 0 amide bonds. The SMILES string of the molecule is COc1cccc(-c2ccc(=O)n(CC(=O)c3ccc(OC)c(OC)c3)n2)c1. The number of ketones is 1. The minimum absolute atomic E-state index is 0.188. The van der Waals surface area contributed by atoms with Gasteiger partial charge >= 0.3 is 0 Å². The number of hydrogen-bond donors (Lipinski definition) is 0. The molecule has 0 aliphatic rings. The smallest absolute Gasteiger partial charge is 0.267 e. The van der Waals surface area contributed by atoms with Gasteiger partial charge in [-0.05, 0) is 36.4 Å². The van der Waals surface area contributed by atoms with E-state index in [0.29, 0.717) is 28.5 Å². The molecule has 0 atom stereocenters. The Balaban J connectivity index is 1.90. The van der Waals surface area contributed by atoms with Gasteiger partial charge in [0.05, 0.1) is 27.0 Å². The van der Waals surface area contributed by atoms with Gasteiger partial charge in [-0.15, -0.1) is 0 Å². The summed E-state index contributed by atoms with van der Waals surface area (Å²) in [5, 5.41) is 4.33. The van der Waals surface area contributed by atoms with Crippen LogP contribution in [-0.4, -0.2) is 36.9 Å². The number of hydrogen-bond acceptors (Lipinski definition) is 6. The molecule has 1 heterocycles. The van der Waals surface area contributed by atoms with E-state index in [1.807, 2.05) is 24.3 Å². The first-order valence-electron chi connectivity index (χ1n) is 8.53. The van der Waals surface area contributed by atoms with Crippen molar-refractivity contribution in [3.63, 3.8) is 0 Å². The first-order valence-corrected chi connectivity index (χ1v) is 8.53. The van der Waals surface area contributed by atoms with Crippen LogP contribution in [0.3, 0.4) is 0 Å². The molecule has 1 aromatic heterocycles. The maximum absolute atomic E-state index is 12.7. The average Bonchev–Trinajstić information content (AvgIpc) is 2.74. The number of carbonyl (C=O) groups excluding carboxylic acids is 1. The van der Waals surface area contributed by atoms with Crippen LogP contribution in [0, 0.1) is 0 Å². The summed E-state index contributed by atoms with van der Waals surface area (Å²) in [5.74, 6) is 1.38. The van der Waals surface area contributed by atoms with Gasteiger partial charge in [0.25, 0.3) is 5.56 Å². The van der Waals surface area contributed by atoms with E-state index in [0.717, 1.165) is 10.2 Å². The zero-order chi connectivity index (χ0) is 20.1. The largest absolute Gasteiger partial charge is 0.497 e. The van der Waals surface area contributed by atoms with Crippen molar-refractivity contribution in [3.8, 4) is 28.5 Å². The topological polar surface area (TPSA) is 79.7 Å². The predicted molar refractivity (Wildman–Crippen MR) is 104 cm³/mol. The lowest BCUT2D eigenvalue weighted by Crippen LogP contribution is -2.26. The number of benzene rings is 2. The standard InChI is InChI=1S/C21H20N2O5/c1-26-16-6-4-5-14(11-16)17-8-10-21(25)23(22-17)13-18(24)15-7-9-19(27-2)20(12-15)28-3/h4-12H,13H2,1-3H3. The second kappa shape index (κ2) is 8.39. The molecule has 0 saturated heterocycles. The van der Waals surface area contributed by atoms with Crippen molar-refractivity contribution in [2.45, 2.75) is 6.54 Å². The number of rotatable bonds is 7. The molecule has 28 heavy (non-hydrogen) atoms. The zero-order valence-corrected chi connectivity index (χ0v) is 15.8. The van der Waals surface area contributed by atoms with Crippen molar-refractivity contribution in [1.82, 2.24) is 9.78 Å². The molecular formula is C21H20N2O5. The molecule has 0 bridgehead atoms.